The predicted octanol–water partition coefficient (Wildman–Crippen LogP) is 3.00. The zero-order valence-corrected chi connectivity index (χ0v) is 13.3. The summed E-state index contributed by atoms with van der Waals surface area (Å²) < 4.78 is 1.15. The Morgan fingerprint density at radius 2 is 2.00 bits per heavy atom. The maximum absolute atomic E-state index is 12.8. The van der Waals surface area contributed by atoms with Gasteiger partial charge in [0.05, 0.1) is 5.54 Å². The molecule has 3 rings (SSSR count). The van der Waals surface area contributed by atoms with Gasteiger partial charge in [0, 0.05) is 17.6 Å². The summed E-state index contributed by atoms with van der Waals surface area (Å²) in [5, 5.41) is 0. The van der Waals surface area contributed by atoms with Gasteiger partial charge in [-0.15, -0.1) is 0 Å². The van der Waals surface area contributed by atoms with Gasteiger partial charge in [-0.2, -0.15) is 0 Å². The van der Waals surface area contributed by atoms with Gasteiger partial charge in [0.25, 0.3) is 0 Å². The topological polar surface area (TPSA) is 46.3 Å². The quantitative estimate of drug-likeness (QED) is 0.856. The van der Waals surface area contributed by atoms with E-state index in [0.717, 1.165) is 43.1 Å². The SMILES string of the molecule is NC1(C(=O)N2CCc3c(Br)cccc3C2)CCCCC1. The van der Waals surface area contributed by atoms with E-state index < -0.39 is 5.54 Å². The largest absolute Gasteiger partial charge is 0.336 e. The van der Waals surface area contributed by atoms with Crippen molar-refractivity contribution in [2.24, 2.45) is 5.73 Å². The lowest BCUT2D eigenvalue weighted by Gasteiger charge is -2.39. The van der Waals surface area contributed by atoms with E-state index >= 15 is 0 Å². The molecule has 3 nitrogen and oxygen atoms in total. The lowest BCUT2D eigenvalue weighted by molar-refractivity contribution is -0.139. The van der Waals surface area contributed by atoms with Crippen LogP contribution in [0, 0.1) is 0 Å². The molecule has 1 aliphatic heterocycles. The third-order valence-electron chi connectivity index (χ3n) is 4.67. The van der Waals surface area contributed by atoms with Crippen molar-refractivity contribution in [3.8, 4) is 0 Å². The van der Waals surface area contributed by atoms with Crippen molar-refractivity contribution in [2.75, 3.05) is 6.54 Å². The normalized spacial score (nSPS) is 21.4. The molecule has 108 valence electrons. The van der Waals surface area contributed by atoms with Crippen LogP contribution in [0.1, 0.15) is 43.2 Å². The number of nitrogens with zero attached hydrogens (tertiary/aromatic N) is 1. The average molecular weight is 337 g/mol. The molecule has 2 N–H and O–H groups in total. The first kappa shape index (κ1) is 14.1. The molecule has 0 unspecified atom stereocenters. The number of hydrogen-bond donors (Lipinski definition) is 1. The Morgan fingerprint density at radius 1 is 1.25 bits per heavy atom. The fourth-order valence-corrected chi connectivity index (χ4v) is 4.05. The number of halogens is 1. The van der Waals surface area contributed by atoms with Crippen LogP contribution in [-0.4, -0.2) is 22.9 Å². The first-order chi connectivity index (χ1) is 9.60. The second-order valence-corrected chi connectivity index (χ2v) is 6.93. The number of benzene rings is 1. The van der Waals surface area contributed by atoms with Gasteiger partial charge >= 0.3 is 0 Å². The van der Waals surface area contributed by atoms with Crippen LogP contribution in [0.2, 0.25) is 0 Å². The van der Waals surface area contributed by atoms with Crippen molar-refractivity contribution >= 4 is 21.8 Å². The van der Waals surface area contributed by atoms with Crippen molar-refractivity contribution in [3.05, 3.63) is 33.8 Å². The van der Waals surface area contributed by atoms with Gasteiger partial charge in [0.15, 0.2) is 0 Å². The smallest absolute Gasteiger partial charge is 0.242 e. The molecule has 0 atom stereocenters. The van der Waals surface area contributed by atoms with Crippen LogP contribution < -0.4 is 5.73 Å². The van der Waals surface area contributed by atoms with Crippen molar-refractivity contribution < 1.29 is 4.79 Å². The van der Waals surface area contributed by atoms with Gasteiger partial charge in [0.1, 0.15) is 0 Å². The van der Waals surface area contributed by atoms with Crippen LogP contribution in [0.5, 0.6) is 0 Å². The molecule has 1 aromatic carbocycles. The highest BCUT2D eigenvalue weighted by atomic mass is 79.9. The van der Waals surface area contributed by atoms with Crippen molar-refractivity contribution in [3.63, 3.8) is 0 Å². The Bertz CT molecular complexity index is 523. The van der Waals surface area contributed by atoms with E-state index in [1.165, 1.54) is 17.5 Å². The summed E-state index contributed by atoms with van der Waals surface area (Å²) in [7, 11) is 0. The minimum absolute atomic E-state index is 0.155. The second kappa shape index (κ2) is 5.49. The summed E-state index contributed by atoms with van der Waals surface area (Å²) in [6, 6.07) is 6.22. The molecular weight excluding hydrogens is 316 g/mol. The molecule has 4 heteroatoms. The number of hydrogen-bond acceptors (Lipinski definition) is 2. The van der Waals surface area contributed by atoms with E-state index in [1.807, 2.05) is 11.0 Å². The zero-order chi connectivity index (χ0) is 14.2. The lowest BCUT2D eigenvalue weighted by atomic mass is 9.81. The Balaban J connectivity index is 1.78. The van der Waals surface area contributed by atoms with Crippen LogP contribution in [0.3, 0.4) is 0 Å². The molecule has 0 saturated heterocycles. The van der Waals surface area contributed by atoms with Gasteiger partial charge in [0.2, 0.25) is 5.91 Å². The van der Waals surface area contributed by atoms with Gasteiger partial charge in [-0.3, -0.25) is 4.79 Å². The number of amides is 1. The van der Waals surface area contributed by atoms with Gasteiger partial charge in [-0.1, -0.05) is 47.3 Å². The number of carbonyl (C=O) groups is 1. The molecule has 1 fully saturated rings. The molecule has 0 aromatic heterocycles. The Kier molecular flexibility index (Phi) is 3.87. The summed E-state index contributed by atoms with van der Waals surface area (Å²) in [5.41, 5.74) is 8.36. The summed E-state index contributed by atoms with van der Waals surface area (Å²) in [4.78, 5) is 14.7. The highest BCUT2D eigenvalue weighted by molar-refractivity contribution is 9.10. The first-order valence-corrected chi connectivity index (χ1v) is 8.24. The van der Waals surface area contributed by atoms with E-state index in [4.69, 9.17) is 5.73 Å². The minimum Gasteiger partial charge on any atom is -0.336 e. The minimum atomic E-state index is -0.609. The molecule has 1 saturated carbocycles. The fraction of sp³-hybridized carbons (Fsp3) is 0.562. The van der Waals surface area contributed by atoms with E-state index in [0.29, 0.717) is 6.54 Å². The maximum atomic E-state index is 12.8. The number of carbonyl (C=O) groups excluding carboxylic acids is 1. The third-order valence-corrected chi connectivity index (χ3v) is 5.41. The second-order valence-electron chi connectivity index (χ2n) is 6.07. The molecule has 1 aromatic rings. The fourth-order valence-electron chi connectivity index (χ4n) is 3.45. The van der Waals surface area contributed by atoms with Crippen molar-refractivity contribution in [2.45, 2.75) is 50.6 Å². The first-order valence-electron chi connectivity index (χ1n) is 7.45. The number of nitrogens with two attached hydrogens (primary N) is 1. The number of rotatable bonds is 1. The van der Waals surface area contributed by atoms with E-state index in [-0.39, 0.29) is 5.91 Å². The summed E-state index contributed by atoms with van der Waals surface area (Å²) in [6.45, 7) is 1.49. The van der Waals surface area contributed by atoms with Crippen LogP contribution in [0.15, 0.2) is 22.7 Å². The van der Waals surface area contributed by atoms with Crippen LogP contribution in [-0.2, 0) is 17.8 Å². The molecular formula is C16H21BrN2O. The average Bonchev–Trinajstić information content (AvgIpc) is 2.47. The lowest BCUT2D eigenvalue weighted by Crippen LogP contribution is -2.57. The van der Waals surface area contributed by atoms with Crippen molar-refractivity contribution in [1.29, 1.82) is 0 Å². The molecule has 1 aliphatic carbocycles. The summed E-state index contributed by atoms with van der Waals surface area (Å²) in [5.74, 6) is 0.155. The van der Waals surface area contributed by atoms with Gasteiger partial charge in [-0.25, -0.2) is 0 Å². The van der Waals surface area contributed by atoms with E-state index in [1.54, 1.807) is 0 Å². The van der Waals surface area contributed by atoms with Crippen LogP contribution in [0.25, 0.3) is 0 Å². The monoisotopic (exact) mass is 336 g/mol. The molecule has 1 heterocycles. The molecule has 0 bridgehead atoms. The van der Waals surface area contributed by atoms with Crippen LogP contribution >= 0.6 is 15.9 Å². The molecule has 20 heavy (non-hydrogen) atoms. The molecule has 0 radical (unpaired) electrons. The Morgan fingerprint density at radius 3 is 2.75 bits per heavy atom. The highest BCUT2D eigenvalue weighted by Crippen LogP contribution is 2.31. The predicted molar refractivity (Wildman–Crippen MR) is 83.3 cm³/mol. The van der Waals surface area contributed by atoms with Gasteiger partial charge in [-0.05, 0) is 36.5 Å². The maximum Gasteiger partial charge on any atom is 0.242 e. The van der Waals surface area contributed by atoms with E-state index in [2.05, 4.69) is 28.1 Å². The van der Waals surface area contributed by atoms with Gasteiger partial charge < -0.3 is 10.6 Å². The van der Waals surface area contributed by atoms with Crippen LogP contribution in [0.4, 0.5) is 0 Å². The molecule has 1 amide bonds. The standard InChI is InChI=1S/C16H21BrN2O/c17-14-6-4-5-12-11-19(10-7-13(12)14)15(20)16(18)8-2-1-3-9-16/h4-6H,1-3,7-11,18H2. The Labute approximate surface area is 128 Å². The Hall–Kier alpha value is -0.870. The molecule has 0 spiro atoms. The summed E-state index contributed by atoms with van der Waals surface area (Å²) >= 11 is 3.60. The van der Waals surface area contributed by atoms with Crippen molar-refractivity contribution in [1.82, 2.24) is 4.90 Å². The zero-order valence-electron chi connectivity index (χ0n) is 11.7. The molecule has 2 aliphatic rings. The van der Waals surface area contributed by atoms with E-state index in [9.17, 15) is 4.79 Å². The summed E-state index contributed by atoms with van der Waals surface area (Å²) in [6.07, 6.45) is 5.97. The number of fused-ring (bicyclic) bond motifs is 1. The highest BCUT2D eigenvalue weighted by Gasteiger charge is 2.39. The third kappa shape index (κ3) is 2.51.